The third kappa shape index (κ3) is 3.12. The molecule has 6 heteroatoms. The summed E-state index contributed by atoms with van der Waals surface area (Å²) in [4.78, 5) is 15.3. The molecule has 0 radical (unpaired) electrons. The fourth-order valence-electron chi connectivity index (χ4n) is 2.34. The fraction of sp³-hybridized carbons (Fsp3) is 0.167. The molecule has 122 valence electrons. The van der Waals surface area contributed by atoms with Gasteiger partial charge in [-0.25, -0.2) is 4.79 Å². The number of carbonyl (C=O) groups is 1. The van der Waals surface area contributed by atoms with Gasteiger partial charge < -0.3 is 14.5 Å². The number of aromatic amines is 1. The van der Waals surface area contributed by atoms with Crippen molar-refractivity contribution < 1.29 is 14.3 Å². The van der Waals surface area contributed by atoms with E-state index < -0.39 is 5.97 Å². The minimum Gasteiger partial charge on any atom is -0.497 e. The molecule has 0 bridgehead atoms. The van der Waals surface area contributed by atoms with E-state index in [1.165, 1.54) is 0 Å². The number of methoxy groups -OCH3 is 1. The first-order chi connectivity index (χ1) is 11.7. The van der Waals surface area contributed by atoms with E-state index in [1.54, 1.807) is 14.0 Å². The molecule has 0 aliphatic carbocycles. The maximum atomic E-state index is 12.2. The van der Waals surface area contributed by atoms with Gasteiger partial charge in [0.15, 0.2) is 5.69 Å². The molecule has 0 atom stereocenters. The Labute approximate surface area is 139 Å². The highest BCUT2D eigenvalue weighted by atomic mass is 16.5. The number of aromatic nitrogens is 1. The fourth-order valence-corrected chi connectivity index (χ4v) is 2.34. The maximum absolute atomic E-state index is 12.2. The van der Waals surface area contributed by atoms with Crippen LogP contribution in [0.15, 0.2) is 58.8 Å². The lowest BCUT2D eigenvalue weighted by molar-refractivity contribution is 0.0521. The second-order valence-electron chi connectivity index (χ2n) is 5.02. The largest absolute Gasteiger partial charge is 0.497 e. The molecular formula is C18H17N3O3. The van der Waals surface area contributed by atoms with Crippen LogP contribution >= 0.6 is 0 Å². The van der Waals surface area contributed by atoms with Crippen LogP contribution in [0.25, 0.3) is 10.9 Å². The lowest BCUT2D eigenvalue weighted by atomic mass is 10.2. The van der Waals surface area contributed by atoms with Gasteiger partial charge in [-0.3, -0.25) is 0 Å². The van der Waals surface area contributed by atoms with Crippen LogP contribution in [0.3, 0.4) is 0 Å². The summed E-state index contributed by atoms with van der Waals surface area (Å²) in [5.41, 5.74) is 2.18. The number of hydrogen-bond donors (Lipinski definition) is 1. The van der Waals surface area contributed by atoms with Crippen molar-refractivity contribution in [3.05, 3.63) is 54.2 Å². The van der Waals surface area contributed by atoms with Gasteiger partial charge in [0.05, 0.1) is 19.4 Å². The number of azo groups is 1. The molecule has 1 heterocycles. The van der Waals surface area contributed by atoms with Crippen molar-refractivity contribution in [2.45, 2.75) is 6.92 Å². The highest BCUT2D eigenvalue weighted by molar-refractivity contribution is 6.05. The van der Waals surface area contributed by atoms with Crippen LogP contribution in [0.5, 0.6) is 5.75 Å². The number of nitrogens with zero attached hydrogens (tertiary/aromatic N) is 2. The van der Waals surface area contributed by atoms with Crippen molar-refractivity contribution >= 4 is 28.2 Å². The predicted molar refractivity (Wildman–Crippen MR) is 91.4 cm³/mol. The summed E-state index contributed by atoms with van der Waals surface area (Å²) in [5.74, 6) is 0.211. The molecule has 0 aliphatic rings. The molecule has 2 aromatic carbocycles. The van der Waals surface area contributed by atoms with E-state index in [1.807, 2.05) is 48.5 Å². The maximum Gasteiger partial charge on any atom is 0.357 e. The number of esters is 1. The Hall–Kier alpha value is -3.15. The Morgan fingerprint density at radius 2 is 1.92 bits per heavy atom. The first-order valence-electron chi connectivity index (χ1n) is 7.56. The van der Waals surface area contributed by atoms with Crippen LogP contribution in [0.2, 0.25) is 0 Å². The van der Waals surface area contributed by atoms with Crippen molar-refractivity contribution in [2.75, 3.05) is 13.7 Å². The van der Waals surface area contributed by atoms with E-state index in [2.05, 4.69) is 15.2 Å². The molecule has 0 saturated heterocycles. The quantitative estimate of drug-likeness (QED) is 0.543. The van der Waals surface area contributed by atoms with Gasteiger partial charge in [0, 0.05) is 10.9 Å². The average molecular weight is 323 g/mol. The lowest BCUT2D eigenvalue weighted by Gasteiger charge is -2.00. The van der Waals surface area contributed by atoms with Gasteiger partial charge in [0.25, 0.3) is 0 Å². The summed E-state index contributed by atoms with van der Waals surface area (Å²) in [7, 11) is 1.59. The molecule has 0 saturated carbocycles. The van der Waals surface area contributed by atoms with E-state index in [9.17, 15) is 4.79 Å². The molecule has 0 unspecified atom stereocenters. The number of nitrogens with one attached hydrogen (secondary N) is 1. The van der Waals surface area contributed by atoms with Crippen molar-refractivity contribution in [1.82, 2.24) is 4.98 Å². The van der Waals surface area contributed by atoms with Gasteiger partial charge in [-0.15, -0.1) is 5.11 Å². The monoisotopic (exact) mass is 323 g/mol. The van der Waals surface area contributed by atoms with Gasteiger partial charge in [-0.05, 0) is 37.3 Å². The predicted octanol–water partition coefficient (Wildman–Crippen LogP) is 4.77. The number of rotatable bonds is 5. The highest BCUT2D eigenvalue weighted by Gasteiger charge is 2.19. The van der Waals surface area contributed by atoms with Crippen LogP contribution in [-0.2, 0) is 4.74 Å². The number of H-pyrrole nitrogens is 1. The Morgan fingerprint density at radius 3 is 2.62 bits per heavy atom. The first-order valence-corrected chi connectivity index (χ1v) is 7.56. The van der Waals surface area contributed by atoms with Crippen LogP contribution < -0.4 is 4.74 Å². The van der Waals surface area contributed by atoms with Crippen molar-refractivity contribution in [1.29, 1.82) is 0 Å². The summed E-state index contributed by atoms with van der Waals surface area (Å²) in [6.45, 7) is 2.04. The molecule has 0 spiro atoms. The first kappa shape index (κ1) is 15.7. The second kappa shape index (κ2) is 6.95. The van der Waals surface area contributed by atoms with E-state index in [4.69, 9.17) is 9.47 Å². The zero-order valence-corrected chi connectivity index (χ0v) is 13.4. The highest BCUT2D eigenvalue weighted by Crippen LogP contribution is 2.34. The lowest BCUT2D eigenvalue weighted by Crippen LogP contribution is -2.04. The minimum atomic E-state index is -0.463. The van der Waals surface area contributed by atoms with Crippen LogP contribution in [0, 0.1) is 0 Å². The SMILES string of the molecule is CCOC(=O)c1[nH]c2ccc(OC)cc2c1N=Nc1ccccc1. The molecule has 0 aliphatic heterocycles. The Bertz CT molecular complexity index is 885. The molecule has 1 N–H and O–H groups in total. The topological polar surface area (TPSA) is 76.0 Å². The van der Waals surface area contributed by atoms with Crippen molar-refractivity contribution in [3.8, 4) is 5.75 Å². The smallest absolute Gasteiger partial charge is 0.357 e. The van der Waals surface area contributed by atoms with E-state index >= 15 is 0 Å². The molecule has 1 aromatic heterocycles. The Morgan fingerprint density at radius 1 is 1.12 bits per heavy atom. The Kier molecular flexibility index (Phi) is 4.56. The van der Waals surface area contributed by atoms with Gasteiger partial charge in [-0.1, -0.05) is 18.2 Å². The molecule has 6 nitrogen and oxygen atoms in total. The zero-order chi connectivity index (χ0) is 16.9. The zero-order valence-electron chi connectivity index (χ0n) is 13.4. The number of carbonyl (C=O) groups excluding carboxylic acids is 1. The summed E-state index contributed by atoms with van der Waals surface area (Å²) >= 11 is 0. The number of fused-ring (bicyclic) bond motifs is 1. The van der Waals surface area contributed by atoms with E-state index in [-0.39, 0.29) is 12.3 Å². The summed E-state index contributed by atoms with van der Waals surface area (Å²) in [5, 5.41) is 9.24. The van der Waals surface area contributed by atoms with Crippen LogP contribution in [0.4, 0.5) is 11.4 Å². The molecule has 0 amide bonds. The Balaban J connectivity index is 2.12. The van der Waals surface area contributed by atoms with E-state index in [0.29, 0.717) is 17.1 Å². The summed E-state index contributed by atoms with van der Waals surface area (Å²) in [6.07, 6.45) is 0. The van der Waals surface area contributed by atoms with Gasteiger partial charge in [-0.2, -0.15) is 5.11 Å². The third-order valence-electron chi connectivity index (χ3n) is 3.48. The number of ether oxygens (including phenoxy) is 2. The second-order valence-corrected chi connectivity index (χ2v) is 5.02. The molecule has 3 rings (SSSR count). The minimum absolute atomic E-state index is 0.278. The molecule has 24 heavy (non-hydrogen) atoms. The number of hydrogen-bond acceptors (Lipinski definition) is 5. The molecule has 3 aromatic rings. The summed E-state index contributed by atoms with van der Waals surface area (Å²) < 4.78 is 10.4. The van der Waals surface area contributed by atoms with Crippen molar-refractivity contribution in [2.24, 2.45) is 10.2 Å². The third-order valence-corrected chi connectivity index (χ3v) is 3.48. The van der Waals surface area contributed by atoms with Gasteiger partial charge in [0.2, 0.25) is 0 Å². The van der Waals surface area contributed by atoms with Crippen LogP contribution in [0.1, 0.15) is 17.4 Å². The van der Waals surface area contributed by atoms with Gasteiger partial charge >= 0.3 is 5.97 Å². The van der Waals surface area contributed by atoms with Crippen molar-refractivity contribution in [3.63, 3.8) is 0 Å². The molecule has 0 fully saturated rings. The normalized spacial score (nSPS) is 11.1. The number of benzene rings is 2. The van der Waals surface area contributed by atoms with Gasteiger partial charge in [0.1, 0.15) is 11.4 Å². The molecular weight excluding hydrogens is 306 g/mol. The summed E-state index contributed by atoms with van der Waals surface area (Å²) in [6, 6.07) is 14.8. The average Bonchev–Trinajstić information content (AvgIpc) is 2.98. The van der Waals surface area contributed by atoms with Crippen LogP contribution in [-0.4, -0.2) is 24.7 Å². The van der Waals surface area contributed by atoms with E-state index in [0.717, 1.165) is 10.9 Å². The standard InChI is InChI=1S/C18H17N3O3/c1-3-24-18(22)17-16(21-20-12-7-5-4-6-8-12)14-11-13(23-2)9-10-15(14)19-17/h4-11,19H,3H2,1-2H3.